The third-order valence-electron chi connectivity index (χ3n) is 8.43. The van der Waals surface area contributed by atoms with Crippen LogP contribution >= 0.6 is 0 Å². The van der Waals surface area contributed by atoms with Gasteiger partial charge in [0.15, 0.2) is 0 Å². The minimum atomic E-state index is 0. The first-order valence-corrected chi connectivity index (χ1v) is 10.6. The molecule has 0 aromatic heterocycles. The molecule has 1 aromatic carbocycles. The number of hydrogen-bond donors (Lipinski definition) is 0. The smallest absolute Gasteiger partial charge is 0.358 e. The summed E-state index contributed by atoms with van der Waals surface area (Å²) in [5.74, 6) is 7.94. The Kier molecular flexibility index (Phi) is 16.2. The van der Waals surface area contributed by atoms with Gasteiger partial charge < -0.3 is 29.7 Å². The van der Waals surface area contributed by atoms with Gasteiger partial charge in [-0.05, 0) is 70.8 Å². The maximum Gasteiger partial charge on any atom is 4.00 e. The third-order valence-corrected chi connectivity index (χ3v) is 8.43. The van der Waals surface area contributed by atoms with Gasteiger partial charge in [-0.3, -0.25) is 0 Å². The van der Waals surface area contributed by atoms with Crippen molar-refractivity contribution in [1.29, 1.82) is 0 Å². The first-order valence-electron chi connectivity index (χ1n) is 10.6. The maximum atomic E-state index is 2.45. The van der Waals surface area contributed by atoms with E-state index in [1.165, 1.54) is 12.0 Å². The van der Waals surface area contributed by atoms with Gasteiger partial charge in [0.05, 0.1) is 0 Å². The molecule has 0 bridgehead atoms. The van der Waals surface area contributed by atoms with Crippen LogP contribution in [-0.2, 0) is 25.8 Å². The van der Waals surface area contributed by atoms with Crippen molar-refractivity contribution in [3.8, 4) is 0 Å². The fourth-order valence-electron chi connectivity index (χ4n) is 6.02. The average Bonchev–Trinajstić information content (AvgIpc) is 3.00. The van der Waals surface area contributed by atoms with Crippen molar-refractivity contribution >= 4 is 6.08 Å². The Morgan fingerprint density at radius 2 is 1.07 bits per heavy atom. The predicted molar refractivity (Wildman–Crippen MR) is 136 cm³/mol. The molecule has 0 radical (unpaired) electrons. The van der Waals surface area contributed by atoms with Gasteiger partial charge in [0.25, 0.3) is 0 Å². The summed E-state index contributed by atoms with van der Waals surface area (Å²) in [6, 6.07) is 8.90. The molecule has 0 saturated heterocycles. The normalized spacial score (nSPS) is 37.2. The van der Waals surface area contributed by atoms with Gasteiger partial charge in [-0.2, -0.15) is 0 Å². The van der Waals surface area contributed by atoms with Gasteiger partial charge in [0.2, 0.25) is 0 Å². The average molecular weight is 577 g/mol. The van der Waals surface area contributed by atoms with Gasteiger partial charge >= 0.3 is 25.8 Å². The zero-order chi connectivity index (χ0) is 18.3. The van der Waals surface area contributed by atoms with Crippen LogP contribution in [-0.4, -0.2) is 0 Å². The molecular formula is C29H50Hf. The molecule has 0 amide bonds. The zero-order valence-corrected chi connectivity index (χ0v) is 25.5. The van der Waals surface area contributed by atoms with E-state index in [9.17, 15) is 0 Å². The van der Waals surface area contributed by atoms with Gasteiger partial charge in [-0.15, -0.1) is 0 Å². The van der Waals surface area contributed by atoms with Crippen molar-refractivity contribution in [2.45, 2.75) is 60.8 Å². The molecule has 0 heterocycles. The predicted octanol–water partition coefficient (Wildman–Crippen LogP) is 9.07. The van der Waals surface area contributed by atoms with Crippen molar-refractivity contribution in [3.05, 3.63) is 71.2 Å². The minimum Gasteiger partial charge on any atom is -0.358 e. The second-order valence-electron chi connectivity index (χ2n) is 9.58. The fourth-order valence-corrected chi connectivity index (χ4v) is 6.02. The number of benzene rings is 1. The van der Waals surface area contributed by atoms with Gasteiger partial charge in [-0.1, -0.05) is 84.9 Å². The molecular weight excluding hydrogens is 527 g/mol. The monoisotopic (exact) mass is 578 g/mol. The van der Waals surface area contributed by atoms with Crippen molar-refractivity contribution in [2.75, 3.05) is 0 Å². The molecule has 1 aromatic rings. The quantitative estimate of drug-likeness (QED) is 0.213. The molecule has 170 valence electrons. The molecule has 2 fully saturated rings. The summed E-state index contributed by atoms with van der Waals surface area (Å²) < 4.78 is 0. The van der Waals surface area contributed by atoms with E-state index in [-0.39, 0.29) is 55.5 Å². The maximum absolute atomic E-state index is 2.45. The van der Waals surface area contributed by atoms with Crippen molar-refractivity contribution in [2.24, 2.45) is 47.3 Å². The number of hydrogen-bond acceptors (Lipinski definition) is 0. The summed E-state index contributed by atoms with van der Waals surface area (Å²) in [6.45, 7) is 16.8. The van der Waals surface area contributed by atoms with Crippen molar-refractivity contribution in [1.82, 2.24) is 0 Å². The number of fused-ring (bicyclic) bond motifs is 3. The number of rotatable bonds is 0. The van der Waals surface area contributed by atoms with Crippen molar-refractivity contribution in [3.63, 3.8) is 0 Å². The van der Waals surface area contributed by atoms with Crippen LogP contribution in [0, 0.1) is 77.0 Å². The largest absolute Gasteiger partial charge is 4.00 e. The Balaban J connectivity index is -0.000000441. The van der Waals surface area contributed by atoms with Gasteiger partial charge in [0.1, 0.15) is 0 Å². The summed E-state index contributed by atoms with van der Waals surface area (Å²) >= 11 is 0. The molecule has 0 spiro atoms. The van der Waals surface area contributed by atoms with E-state index < -0.39 is 0 Å². The zero-order valence-electron chi connectivity index (χ0n) is 21.9. The van der Waals surface area contributed by atoms with E-state index in [0.717, 1.165) is 53.3 Å². The number of allylic oxidation sites excluding steroid dienone is 1. The third kappa shape index (κ3) is 6.43. The van der Waals surface area contributed by atoms with Crippen LogP contribution in [0.25, 0.3) is 6.08 Å². The molecule has 4 unspecified atom stereocenters. The van der Waals surface area contributed by atoms with E-state index in [2.05, 4.69) is 84.9 Å². The van der Waals surface area contributed by atoms with E-state index >= 15 is 0 Å². The Morgan fingerprint density at radius 3 is 1.53 bits per heavy atom. The molecule has 4 atom stereocenters. The van der Waals surface area contributed by atoms with E-state index in [1.807, 2.05) is 0 Å². The van der Waals surface area contributed by atoms with Crippen LogP contribution in [0.2, 0.25) is 0 Å². The Morgan fingerprint density at radius 1 is 0.633 bits per heavy atom. The van der Waals surface area contributed by atoms with Crippen LogP contribution in [0.4, 0.5) is 0 Å². The summed E-state index contributed by atoms with van der Waals surface area (Å²) in [4.78, 5) is 0. The summed E-state index contributed by atoms with van der Waals surface area (Å²) in [6.07, 6.45) is 6.15. The van der Waals surface area contributed by atoms with Crippen LogP contribution < -0.4 is 0 Å². The van der Waals surface area contributed by atoms with Crippen LogP contribution in [0.15, 0.2) is 30.3 Å². The van der Waals surface area contributed by atoms with Gasteiger partial charge in [-0.25, -0.2) is 0 Å². The van der Waals surface area contributed by atoms with Crippen LogP contribution in [0.5, 0.6) is 0 Å². The molecule has 1 heteroatoms. The molecule has 4 rings (SSSR count). The summed E-state index contributed by atoms with van der Waals surface area (Å²) in [7, 11) is 0. The molecule has 0 nitrogen and oxygen atoms in total. The molecule has 30 heavy (non-hydrogen) atoms. The first kappa shape index (κ1) is 34.4. The van der Waals surface area contributed by atoms with E-state index in [4.69, 9.17) is 0 Å². The summed E-state index contributed by atoms with van der Waals surface area (Å²) in [5.41, 5.74) is 3.03. The Hall–Kier alpha value is -0.170. The topological polar surface area (TPSA) is 0 Å². The standard InChI is InChI=1S/C15H18.C10H20.4CH3.Hf/c1-10-9-11(2)15-13(10)8-7-12-5-3-4-6-14(12)15;1-6-7(2)9(4)10(5)8(6)3;;;;;/h3-8,10-11,13,15H,9H2,1-2H3;6-10H,1-5H3;4*1H3;/q;;4*-1;+4. The van der Waals surface area contributed by atoms with Gasteiger partial charge in [0, 0.05) is 0 Å². The van der Waals surface area contributed by atoms with Crippen molar-refractivity contribution < 1.29 is 25.8 Å². The van der Waals surface area contributed by atoms with E-state index in [0.29, 0.717) is 0 Å². The summed E-state index contributed by atoms with van der Waals surface area (Å²) in [5, 5.41) is 0. The molecule has 2 saturated carbocycles. The Bertz CT molecular complexity index is 574. The molecule has 3 aliphatic rings. The second-order valence-corrected chi connectivity index (χ2v) is 9.58. The Labute approximate surface area is 210 Å². The molecule has 0 aliphatic heterocycles. The van der Waals surface area contributed by atoms with Crippen LogP contribution in [0.1, 0.15) is 71.9 Å². The van der Waals surface area contributed by atoms with Crippen LogP contribution in [0.3, 0.4) is 0 Å². The molecule has 0 N–H and O–H groups in total. The molecule has 3 aliphatic carbocycles. The minimum absolute atomic E-state index is 0. The first-order chi connectivity index (χ1) is 11.8. The SMILES string of the molecule is CC1C(C)C(C)C(C)C1C.CC1CC(C)C2c3ccccc3C=CC12.[CH3-].[CH3-].[CH3-].[CH3-].[Hf+4]. The second kappa shape index (κ2) is 14.1. The fraction of sp³-hybridized carbons (Fsp3) is 0.586. The van der Waals surface area contributed by atoms with E-state index in [1.54, 1.807) is 5.56 Å².